The molecule has 0 aliphatic rings. The molecule has 126 valence electrons. The molecule has 4 heteroatoms. The highest BCUT2D eigenvalue weighted by Crippen LogP contribution is 2.27. The average molecular weight is 389 g/mol. The molecule has 0 atom stereocenters. The molecule has 24 heavy (non-hydrogen) atoms. The summed E-state index contributed by atoms with van der Waals surface area (Å²) in [4.78, 5) is 12.2. The smallest absolute Gasteiger partial charge is 0.336 e. The van der Waals surface area contributed by atoms with Gasteiger partial charge in [0, 0.05) is 16.1 Å². The van der Waals surface area contributed by atoms with Gasteiger partial charge in [-0.15, -0.1) is 0 Å². The number of halogens is 1. The molecule has 0 unspecified atom stereocenters. The van der Waals surface area contributed by atoms with Crippen LogP contribution in [-0.4, -0.2) is 12.6 Å². The Morgan fingerprint density at radius 2 is 1.92 bits per heavy atom. The molecule has 0 spiro atoms. The van der Waals surface area contributed by atoms with E-state index in [9.17, 15) is 4.79 Å². The van der Waals surface area contributed by atoms with E-state index in [-0.39, 0.29) is 5.92 Å². The third kappa shape index (κ3) is 4.96. The van der Waals surface area contributed by atoms with Gasteiger partial charge >= 0.3 is 5.97 Å². The Morgan fingerprint density at radius 1 is 1.17 bits per heavy atom. The van der Waals surface area contributed by atoms with Crippen molar-refractivity contribution in [2.24, 2.45) is 0 Å². The molecular formula is C20H21BrO3. The van der Waals surface area contributed by atoms with Crippen LogP contribution in [-0.2, 0) is 4.79 Å². The molecule has 0 radical (unpaired) electrons. The fraction of sp³-hybridized carbons (Fsp3) is 0.250. The molecule has 0 amide bonds. The van der Waals surface area contributed by atoms with Gasteiger partial charge in [0.1, 0.15) is 11.5 Å². The van der Waals surface area contributed by atoms with Crippen molar-refractivity contribution < 1.29 is 14.3 Å². The van der Waals surface area contributed by atoms with E-state index < -0.39 is 5.97 Å². The van der Waals surface area contributed by atoms with Crippen LogP contribution in [0.25, 0.3) is 6.08 Å². The SMILES string of the molecule is CCOc1ccc(Br)cc1/C=C/C(=O)Oc1ccccc1C(C)C. The van der Waals surface area contributed by atoms with Crippen molar-refractivity contribution in [3.05, 3.63) is 64.1 Å². The number of carbonyl (C=O) groups excluding carboxylic acids is 1. The maximum Gasteiger partial charge on any atom is 0.336 e. The van der Waals surface area contributed by atoms with Crippen LogP contribution in [0.5, 0.6) is 11.5 Å². The highest BCUT2D eigenvalue weighted by atomic mass is 79.9. The largest absolute Gasteiger partial charge is 0.493 e. The van der Waals surface area contributed by atoms with Gasteiger partial charge in [0.15, 0.2) is 0 Å². The highest BCUT2D eigenvalue weighted by Gasteiger charge is 2.10. The Bertz CT molecular complexity index is 735. The normalized spacial score (nSPS) is 11.0. The first kappa shape index (κ1) is 18.3. The summed E-state index contributed by atoms with van der Waals surface area (Å²) in [6, 6.07) is 13.3. The van der Waals surface area contributed by atoms with Crippen LogP contribution < -0.4 is 9.47 Å². The van der Waals surface area contributed by atoms with Gasteiger partial charge in [0.25, 0.3) is 0 Å². The Labute approximate surface area is 151 Å². The topological polar surface area (TPSA) is 35.5 Å². The highest BCUT2D eigenvalue weighted by molar-refractivity contribution is 9.10. The van der Waals surface area contributed by atoms with Crippen molar-refractivity contribution in [3.8, 4) is 11.5 Å². The fourth-order valence-electron chi connectivity index (χ4n) is 2.29. The van der Waals surface area contributed by atoms with E-state index in [1.807, 2.05) is 49.4 Å². The van der Waals surface area contributed by atoms with E-state index in [2.05, 4.69) is 29.8 Å². The summed E-state index contributed by atoms with van der Waals surface area (Å²) in [5.74, 6) is 1.20. The van der Waals surface area contributed by atoms with Crippen LogP contribution in [0.3, 0.4) is 0 Å². The number of hydrogen-bond acceptors (Lipinski definition) is 3. The molecule has 0 fully saturated rings. The summed E-state index contributed by atoms with van der Waals surface area (Å²) in [6.45, 7) is 6.62. The molecule has 0 bridgehead atoms. The van der Waals surface area contributed by atoms with Crippen LogP contribution in [0, 0.1) is 0 Å². The van der Waals surface area contributed by atoms with E-state index in [4.69, 9.17) is 9.47 Å². The van der Waals surface area contributed by atoms with Crippen LogP contribution in [0.4, 0.5) is 0 Å². The second-order valence-corrected chi connectivity index (χ2v) is 6.48. The number of hydrogen-bond donors (Lipinski definition) is 0. The summed E-state index contributed by atoms with van der Waals surface area (Å²) in [5, 5.41) is 0. The summed E-state index contributed by atoms with van der Waals surface area (Å²) in [5.41, 5.74) is 1.83. The van der Waals surface area contributed by atoms with E-state index in [0.717, 1.165) is 21.3 Å². The maximum atomic E-state index is 12.2. The lowest BCUT2D eigenvalue weighted by molar-refractivity contribution is -0.128. The minimum absolute atomic E-state index is 0.285. The van der Waals surface area contributed by atoms with Crippen molar-refractivity contribution in [2.45, 2.75) is 26.7 Å². The maximum absolute atomic E-state index is 12.2. The molecular weight excluding hydrogens is 368 g/mol. The minimum Gasteiger partial charge on any atom is -0.493 e. The zero-order valence-electron chi connectivity index (χ0n) is 14.1. The summed E-state index contributed by atoms with van der Waals surface area (Å²) >= 11 is 3.43. The van der Waals surface area contributed by atoms with E-state index in [1.165, 1.54) is 6.08 Å². The summed E-state index contributed by atoms with van der Waals surface area (Å²) in [7, 11) is 0. The predicted molar refractivity (Wildman–Crippen MR) is 101 cm³/mol. The lowest BCUT2D eigenvalue weighted by Crippen LogP contribution is -2.06. The molecule has 0 aliphatic carbocycles. The Kier molecular flexibility index (Phi) is 6.62. The van der Waals surface area contributed by atoms with Crippen LogP contribution >= 0.6 is 15.9 Å². The first-order chi connectivity index (χ1) is 11.5. The summed E-state index contributed by atoms with van der Waals surface area (Å²) in [6.07, 6.45) is 3.12. The van der Waals surface area contributed by atoms with E-state index >= 15 is 0 Å². The lowest BCUT2D eigenvalue weighted by atomic mass is 10.0. The van der Waals surface area contributed by atoms with Crippen molar-refractivity contribution in [1.29, 1.82) is 0 Å². The second kappa shape index (κ2) is 8.69. The third-order valence-corrected chi connectivity index (χ3v) is 3.92. The number of benzene rings is 2. The summed E-state index contributed by atoms with van der Waals surface area (Å²) < 4.78 is 12.0. The quantitative estimate of drug-likeness (QED) is 0.367. The van der Waals surface area contributed by atoms with Crippen LogP contribution in [0.15, 0.2) is 53.0 Å². The Hall–Kier alpha value is -2.07. The van der Waals surface area contributed by atoms with Gasteiger partial charge in [-0.1, -0.05) is 48.0 Å². The monoisotopic (exact) mass is 388 g/mol. The number of rotatable bonds is 6. The van der Waals surface area contributed by atoms with Crippen molar-refractivity contribution in [2.75, 3.05) is 6.61 Å². The number of carbonyl (C=O) groups is 1. The molecule has 3 nitrogen and oxygen atoms in total. The second-order valence-electron chi connectivity index (χ2n) is 5.56. The molecule has 2 rings (SSSR count). The molecule has 0 aliphatic heterocycles. The van der Waals surface area contributed by atoms with Gasteiger partial charge in [-0.3, -0.25) is 0 Å². The van der Waals surface area contributed by atoms with Crippen molar-refractivity contribution >= 4 is 28.0 Å². The molecule has 0 aromatic heterocycles. The first-order valence-electron chi connectivity index (χ1n) is 7.92. The minimum atomic E-state index is -0.412. The molecule has 0 N–H and O–H groups in total. The van der Waals surface area contributed by atoms with Gasteiger partial charge < -0.3 is 9.47 Å². The number of para-hydroxylation sites is 1. The van der Waals surface area contributed by atoms with Crippen molar-refractivity contribution in [1.82, 2.24) is 0 Å². The van der Waals surface area contributed by atoms with E-state index in [1.54, 1.807) is 6.08 Å². The molecule has 0 saturated heterocycles. The predicted octanol–water partition coefficient (Wildman–Crippen LogP) is 5.59. The lowest BCUT2D eigenvalue weighted by Gasteiger charge is -2.11. The Balaban J connectivity index is 2.16. The number of esters is 1. The van der Waals surface area contributed by atoms with Crippen LogP contribution in [0.1, 0.15) is 37.8 Å². The Morgan fingerprint density at radius 3 is 2.62 bits per heavy atom. The zero-order valence-corrected chi connectivity index (χ0v) is 15.7. The fourth-order valence-corrected chi connectivity index (χ4v) is 2.67. The van der Waals surface area contributed by atoms with Gasteiger partial charge in [-0.05, 0) is 48.7 Å². The first-order valence-corrected chi connectivity index (χ1v) is 8.71. The third-order valence-electron chi connectivity index (χ3n) is 3.42. The molecule has 2 aromatic carbocycles. The standard InChI is InChI=1S/C20H21BrO3/c1-4-23-18-11-10-16(21)13-15(18)9-12-20(22)24-19-8-6-5-7-17(19)14(2)3/h5-14H,4H2,1-3H3/b12-9+. The number of ether oxygens (including phenoxy) is 2. The van der Waals surface area contributed by atoms with Gasteiger partial charge in [0.2, 0.25) is 0 Å². The van der Waals surface area contributed by atoms with Crippen LogP contribution in [0.2, 0.25) is 0 Å². The van der Waals surface area contributed by atoms with Gasteiger partial charge in [-0.25, -0.2) is 4.79 Å². The average Bonchev–Trinajstić information content (AvgIpc) is 2.55. The molecule has 0 saturated carbocycles. The van der Waals surface area contributed by atoms with Crippen molar-refractivity contribution in [3.63, 3.8) is 0 Å². The zero-order chi connectivity index (χ0) is 17.5. The van der Waals surface area contributed by atoms with Gasteiger partial charge in [0.05, 0.1) is 6.61 Å². The molecule has 2 aromatic rings. The van der Waals surface area contributed by atoms with Gasteiger partial charge in [-0.2, -0.15) is 0 Å². The molecule has 0 heterocycles. The van der Waals surface area contributed by atoms with E-state index in [0.29, 0.717) is 12.4 Å².